The fourth-order valence-electron chi connectivity index (χ4n) is 2.50. The minimum atomic E-state index is -0.508. The molecule has 0 saturated heterocycles. The monoisotopic (exact) mass is 344 g/mol. The molecule has 7 nitrogen and oxygen atoms in total. The van der Waals surface area contributed by atoms with Crippen LogP contribution in [0.2, 0.25) is 0 Å². The van der Waals surface area contributed by atoms with E-state index in [0.29, 0.717) is 5.95 Å². The second kappa shape index (κ2) is 5.72. The number of fused-ring (bicyclic) bond motifs is 1. The highest BCUT2D eigenvalue weighted by molar-refractivity contribution is 7.17. The van der Waals surface area contributed by atoms with Gasteiger partial charge in [0, 0.05) is 11.6 Å². The Bertz CT molecular complexity index is 936. The molecule has 0 atom stereocenters. The number of para-hydroxylation sites is 2. The van der Waals surface area contributed by atoms with E-state index in [0.717, 1.165) is 22.4 Å². The fourth-order valence-corrected chi connectivity index (χ4v) is 3.22. The third kappa shape index (κ3) is 2.88. The van der Waals surface area contributed by atoms with Crippen molar-refractivity contribution in [2.45, 2.75) is 26.3 Å². The number of anilines is 1. The molecule has 1 aromatic carbocycles. The lowest BCUT2D eigenvalue weighted by Crippen LogP contribution is -2.25. The van der Waals surface area contributed by atoms with E-state index < -0.39 is 10.8 Å². The maximum absolute atomic E-state index is 12.4. The second-order valence-electron chi connectivity index (χ2n) is 6.28. The smallest absolute Gasteiger partial charge is 0.305 e. The molecule has 0 radical (unpaired) electrons. The van der Waals surface area contributed by atoms with Gasteiger partial charge >= 0.3 is 5.00 Å². The van der Waals surface area contributed by atoms with Crippen molar-refractivity contribution in [2.75, 3.05) is 5.32 Å². The van der Waals surface area contributed by atoms with Gasteiger partial charge in [0.2, 0.25) is 5.95 Å². The summed E-state index contributed by atoms with van der Waals surface area (Å²) >= 11 is 0.840. The Labute approximate surface area is 142 Å². The Morgan fingerprint density at radius 2 is 1.96 bits per heavy atom. The molecular weight excluding hydrogens is 328 g/mol. The number of rotatable bonds is 3. The van der Waals surface area contributed by atoms with Gasteiger partial charge in [0.1, 0.15) is 0 Å². The number of imidazole rings is 1. The van der Waals surface area contributed by atoms with Crippen molar-refractivity contribution in [1.29, 1.82) is 0 Å². The molecule has 0 spiro atoms. The van der Waals surface area contributed by atoms with Crippen LogP contribution in [0.1, 0.15) is 30.4 Å². The molecule has 24 heavy (non-hydrogen) atoms. The molecule has 2 heterocycles. The van der Waals surface area contributed by atoms with Gasteiger partial charge in [-0.2, -0.15) is 0 Å². The first kappa shape index (κ1) is 16.1. The zero-order valence-electron chi connectivity index (χ0n) is 13.4. The van der Waals surface area contributed by atoms with E-state index in [4.69, 9.17) is 0 Å². The van der Waals surface area contributed by atoms with E-state index in [1.165, 1.54) is 12.1 Å². The van der Waals surface area contributed by atoms with Crippen molar-refractivity contribution in [3.63, 3.8) is 0 Å². The summed E-state index contributed by atoms with van der Waals surface area (Å²) in [4.78, 5) is 27.4. The Morgan fingerprint density at radius 3 is 2.58 bits per heavy atom. The summed E-state index contributed by atoms with van der Waals surface area (Å²) in [7, 11) is 0. The molecule has 1 amide bonds. The minimum Gasteiger partial charge on any atom is -0.305 e. The average molecular weight is 344 g/mol. The number of carbonyl (C=O) groups is 1. The topological polar surface area (TPSA) is 90.1 Å². The molecule has 124 valence electrons. The molecule has 0 fully saturated rings. The molecule has 0 saturated carbocycles. The van der Waals surface area contributed by atoms with Crippen LogP contribution in [0.4, 0.5) is 10.9 Å². The van der Waals surface area contributed by atoms with Crippen LogP contribution in [-0.4, -0.2) is 20.4 Å². The van der Waals surface area contributed by atoms with Crippen molar-refractivity contribution >= 4 is 39.2 Å². The summed E-state index contributed by atoms with van der Waals surface area (Å²) in [5.41, 5.74) is 1.40. The Morgan fingerprint density at radius 1 is 1.25 bits per heavy atom. The molecule has 1 N–H and O–H groups in total. The van der Waals surface area contributed by atoms with Gasteiger partial charge in [0.15, 0.2) is 0 Å². The normalized spacial score (nSPS) is 11.6. The van der Waals surface area contributed by atoms with Crippen molar-refractivity contribution < 1.29 is 9.72 Å². The van der Waals surface area contributed by atoms with Gasteiger partial charge in [0.05, 0.1) is 20.8 Å². The standard InChI is InChI=1S/C16H16N4O3S/c1-16(2,3)19-11-7-5-4-6-10(11)17-15(19)18-14(21)12-8-9-13(24-12)20(22)23/h4-9H,1-3H3,(H,17,18,21). The number of hydrogen-bond acceptors (Lipinski definition) is 5. The number of aromatic nitrogens is 2. The number of nitrogens with zero attached hydrogens (tertiary/aromatic N) is 3. The lowest BCUT2D eigenvalue weighted by atomic mass is 10.1. The molecule has 0 unspecified atom stereocenters. The molecule has 0 aliphatic carbocycles. The first-order valence-electron chi connectivity index (χ1n) is 7.31. The van der Waals surface area contributed by atoms with E-state index in [2.05, 4.69) is 10.3 Å². The van der Waals surface area contributed by atoms with Crippen molar-refractivity contribution in [2.24, 2.45) is 0 Å². The Balaban J connectivity index is 2.00. The van der Waals surface area contributed by atoms with Crippen molar-refractivity contribution in [1.82, 2.24) is 9.55 Å². The first-order valence-corrected chi connectivity index (χ1v) is 8.12. The molecule has 0 bridgehead atoms. The number of nitrogens with one attached hydrogen (secondary N) is 1. The molecule has 8 heteroatoms. The number of amides is 1. The molecule has 3 rings (SSSR count). The van der Waals surface area contributed by atoms with Crippen LogP contribution in [0.25, 0.3) is 11.0 Å². The predicted octanol–water partition coefficient (Wildman–Crippen LogP) is 4.01. The summed E-state index contributed by atoms with van der Waals surface area (Å²) in [6, 6.07) is 10.4. The number of thiophene rings is 1. The lowest BCUT2D eigenvalue weighted by molar-refractivity contribution is -0.380. The van der Waals surface area contributed by atoms with Crippen LogP contribution in [0.15, 0.2) is 36.4 Å². The van der Waals surface area contributed by atoms with Gasteiger partial charge in [-0.1, -0.05) is 23.5 Å². The van der Waals surface area contributed by atoms with Gasteiger partial charge in [-0.15, -0.1) is 0 Å². The number of benzene rings is 1. The Hall–Kier alpha value is -2.74. The lowest BCUT2D eigenvalue weighted by Gasteiger charge is -2.24. The Kier molecular flexibility index (Phi) is 3.84. The predicted molar refractivity (Wildman–Crippen MR) is 93.7 cm³/mol. The fraction of sp³-hybridized carbons (Fsp3) is 0.250. The highest BCUT2D eigenvalue weighted by Crippen LogP contribution is 2.29. The van der Waals surface area contributed by atoms with Crippen LogP contribution in [0, 0.1) is 10.1 Å². The van der Waals surface area contributed by atoms with E-state index >= 15 is 0 Å². The van der Waals surface area contributed by atoms with Crippen molar-refractivity contribution in [3.8, 4) is 0 Å². The zero-order chi connectivity index (χ0) is 17.5. The summed E-state index contributed by atoms with van der Waals surface area (Å²) in [5, 5.41) is 13.5. The molecular formula is C16H16N4O3S. The third-order valence-corrected chi connectivity index (χ3v) is 4.49. The van der Waals surface area contributed by atoms with Crippen LogP contribution in [-0.2, 0) is 5.54 Å². The maximum Gasteiger partial charge on any atom is 0.324 e. The molecule has 0 aliphatic rings. The van der Waals surface area contributed by atoms with Crippen molar-refractivity contribution in [3.05, 3.63) is 51.4 Å². The van der Waals surface area contributed by atoms with Crippen LogP contribution in [0.5, 0.6) is 0 Å². The summed E-state index contributed by atoms with van der Waals surface area (Å²) in [5.74, 6) is 0.0126. The van der Waals surface area contributed by atoms with E-state index in [9.17, 15) is 14.9 Å². The van der Waals surface area contributed by atoms with Gasteiger partial charge < -0.3 is 4.57 Å². The van der Waals surface area contributed by atoms with Gasteiger partial charge in [-0.05, 0) is 39.0 Å². The van der Waals surface area contributed by atoms with Crippen LogP contribution < -0.4 is 5.32 Å². The molecule has 0 aliphatic heterocycles. The van der Waals surface area contributed by atoms with E-state index in [1.54, 1.807) is 0 Å². The average Bonchev–Trinajstić information content (AvgIpc) is 3.10. The second-order valence-corrected chi connectivity index (χ2v) is 7.34. The SMILES string of the molecule is CC(C)(C)n1c(NC(=O)c2ccc([N+](=O)[O-])s2)nc2ccccc21. The highest BCUT2D eigenvalue weighted by Gasteiger charge is 2.24. The van der Waals surface area contributed by atoms with Gasteiger partial charge in [-0.3, -0.25) is 20.2 Å². The molecule has 2 aromatic heterocycles. The summed E-state index contributed by atoms with van der Waals surface area (Å²) in [6.07, 6.45) is 0. The number of hydrogen-bond donors (Lipinski definition) is 1. The number of carbonyl (C=O) groups excluding carboxylic acids is 1. The first-order chi connectivity index (χ1) is 11.3. The van der Waals surface area contributed by atoms with Gasteiger partial charge in [0.25, 0.3) is 5.91 Å². The summed E-state index contributed by atoms with van der Waals surface area (Å²) in [6.45, 7) is 6.06. The summed E-state index contributed by atoms with van der Waals surface area (Å²) < 4.78 is 1.95. The minimum absolute atomic E-state index is 0.0653. The zero-order valence-corrected chi connectivity index (χ0v) is 14.3. The van der Waals surface area contributed by atoms with Crippen LogP contribution >= 0.6 is 11.3 Å². The van der Waals surface area contributed by atoms with E-state index in [-0.39, 0.29) is 15.4 Å². The van der Waals surface area contributed by atoms with Crippen LogP contribution in [0.3, 0.4) is 0 Å². The largest absolute Gasteiger partial charge is 0.324 e. The molecule has 3 aromatic rings. The van der Waals surface area contributed by atoms with E-state index in [1.807, 2.05) is 49.6 Å². The highest BCUT2D eigenvalue weighted by atomic mass is 32.1. The quantitative estimate of drug-likeness (QED) is 0.574. The third-order valence-electron chi connectivity index (χ3n) is 3.45. The maximum atomic E-state index is 12.4. The van der Waals surface area contributed by atoms with Gasteiger partial charge in [-0.25, -0.2) is 4.98 Å². The number of nitro groups is 1.